The molecule has 1 aromatic carbocycles. The van der Waals surface area contributed by atoms with Crippen molar-refractivity contribution in [3.8, 4) is 0 Å². The van der Waals surface area contributed by atoms with E-state index in [4.69, 9.17) is 4.74 Å². The van der Waals surface area contributed by atoms with E-state index in [0.29, 0.717) is 19.1 Å². The van der Waals surface area contributed by atoms with Gasteiger partial charge in [0.25, 0.3) is 0 Å². The fraction of sp³-hybridized carbons (Fsp3) is 0.630. The number of ether oxygens (including phenoxy) is 1. The van der Waals surface area contributed by atoms with Crippen LogP contribution in [0.1, 0.15) is 82.4 Å². The lowest BCUT2D eigenvalue weighted by Crippen LogP contribution is -2.53. The number of aryl methyl sites for hydroxylation is 1. The summed E-state index contributed by atoms with van der Waals surface area (Å²) >= 11 is 0. The first-order chi connectivity index (χ1) is 16.2. The molecule has 1 N–H and O–H groups in total. The van der Waals surface area contributed by atoms with E-state index >= 15 is 0 Å². The zero-order chi connectivity index (χ0) is 23.6. The summed E-state index contributed by atoms with van der Waals surface area (Å²) in [6.45, 7) is 7.97. The molecule has 2 aliphatic rings. The van der Waals surface area contributed by atoms with Crippen molar-refractivity contribution in [3.05, 3.63) is 53.9 Å². The van der Waals surface area contributed by atoms with Gasteiger partial charge in [-0.15, -0.1) is 0 Å². The van der Waals surface area contributed by atoms with Crippen molar-refractivity contribution in [1.82, 2.24) is 20.0 Å². The lowest BCUT2D eigenvalue weighted by Gasteiger charge is -2.41. The molecule has 0 radical (unpaired) electrons. The highest BCUT2D eigenvalue weighted by atomic mass is 16.5. The Kier molecular flexibility index (Phi) is 9.79. The molecule has 2 fully saturated rings. The van der Waals surface area contributed by atoms with Crippen LogP contribution < -0.4 is 5.32 Å². The van der Waals surface area contributed by atoms with Crippen LogP contribution in [-0.4, -0.2) is 52.6 Å². The van der Waals surface area contributed by atoms with Crippen LogP contribution in [0.15, 0.2) is 42.6 Å². The molecule has 0 bridgehead atoms. The topological polar surface area (TPSA) is 59.4 Å². The Morgan fingerprint density at radius 3 is 2.45 bits per heavy atom. The third-order valence-electron chi connectivity index (χ3n) is 6.93. The summed E-state index contributed by atoms with van der Waals surface area (Å²) < 4.78 is 8.32. The largest absolute Gasteiger partial charge is 0.376 e. The molecule has 6 heteroatoms. The predicted molar refractivity (Wildman–Crippen MR) is 133 cm³/mol. The van der Waals surface area contributed by atoms with Crippen LogP contribution in [0.25, 0.3) is 0 Å². The molecule has 33 heavy (non-hydrogen) atoms. The van der Waals surface area contributed by atoms with Gasteiger partial charge in [0.1, 0.15) is 0 Å². The zero-order valence-corrected chi connectivity index (χ0v) is 20.9. The summed E-state index contributed by atoms with van der Waals surface area (Å²) in [6.07, 6.45) is 8.82. The number of carbonyl (C=O) groups is 1. The lowest BCUT2D eigenvalue weighted by atomic mass is 9.82. The van der Waals surface area contributed by atoms with Gasteiger partial charge in [-0.1, -0.05) is 44.2 Å². The zero-order valence-electron chi connectivity index (χ0n) is 20.9. The third-order valence-corrected chi connectivity index (χ3v) is 6.93. The van der Waals surface area contributed by atoms with Gasteiger partial charge >= 0.3 is 6.03 Å². The summed E-state index contributed by atoms with van der Waals surface area (Å²) in [6, 6.07) is 13.0. The number of carbonyl (C=O) groups excluding carboxylic acids is 1. The molecular weight excluding hydrogens is 412 g/mol. The van der Waals surface area contributed by atoms with Gasteiger partial charge in [0.2, 0.25) is 0 Å². The number of nitrogens with zero attached hydrogens (tertiary/aromatic N) is 3. The van der Waals surface area contributed by atoms with E-state index in [1.807, 2.05) is 43.6 Å². The normalized spacial score (nSPS) is 25.2. The summed E-state index contributed by atoms with van der Waals surface area (Å²) in [5.41, 5.74) is 2.52. The van der Waals surface area contributed by atoms with Gasteiger partial charge in [-0.05, 0) is 63.0 Å². The Morgan fingerprint density at radius 1 is 1.09 bits per heavy atom. The van der Waals surface area contributed by atoms with Crippen molar-refractivity contribution in [3.63, 3.8) is 0 Å². The molecule has 2 aromatic rings. The number of hydrogen-bond donors (Lipinski definition) is 1. The van der Waals surface area contributed by atoms with Crippen molar-refractivity contribution in [2.45, 2.75) is 83.3 Å². The van der Waals surface area contributed by atoms with E-state index < -0.39 is 0 Å². The van der Waals surface area contributed by atoms with Crippen LogP contribution in [0, 0.1) is 0 Å². The second kappa shape index (κ2) is 12.8. The van der Waals surface area contributed by atoms with Crippen LogP contribution in [0.3, 0.4) is 0 Å². The van der Waals surface area contributed by atoms with E-state index in [1.54, 1.807) is 0 Å². The Bertz CT molecular complexity index is 830. The Labute approximate surface area is 199 Å². The van der Waals surface area contributed by atoms with E-state index in [2.05, 4.69) is 46.8 Å². The second-order valence-electron chi connectivity index (χ2n) is 8.98. The minimum Gasteiger partial charge on any atom is -0.376 e. The van der Waals surface area contributed by atoms with Gasteiger partial charge in [-0.2, -0.15) is 5.10 Å². The standard InChI is InChI=1S/C25H36N4O2.C2H6/c1-3-26-25(30)29-16-7-10-22(23-15-17-28(2)27-23)24(29)18-31-21-13-11-20(12-14-21)19-8-5-4-6-9-19;1-2/h4-6,8-9,15,17,20-22,24H,3,7,10-14,16,18H2,1-2H3,(H,26,30);1-2H3. The second-order valence-corrected chi connectivity index (χ2v) is 8.98. The highest BCUT2D eigenvalue weighted by molar-refractivity contribution is 5.74. The number of rotatable bonds is 6. The number of benzene rings is 1. The quantitative estimate of drug-likeness (QED) is 0.630. The molecule has 1 aliphatic carbocycles. The van der Waals surface area contributed by atoms with Crippen LogP contribution >= 0.6 is 0 Å². The van der Waals surface area contributed by atoms with Crippen molar-refractivity contribution in [1.29, 1.82) is 0 Å². The van der Waals surface area contributed by atoms with Crippen LogP contribution in [0.5, 0.6) is 0 Å². The first-order valence-electron chi connectivity index (χ1n) is 12.9. The number of nitrogens with one attached hydrogen (secondary N) is 1. The number of likely N-dealkylation sites (tertiary alicyclic amines) is 1. The van der Waals surface area contributed by atoms with Gasteiger partial charge in [-0.25, -0.2) is 4.79 Å². The molecule has 6 nitrogen and oxygen atoms in total. The maximum absolute atomic E-state index is 12.8. The Balaban J connectivity index is 0.00000149. The fourth-order valence-corrected chi connectivity index (χ4v) is 5.27. The van der Waals surface area contributed by atoms with Crippen molar-refractivity contribution >= 4 is 6.03 Å². The predicted octanol–water partition coefficient (Wildman–Crippen LogP) is 5.47. The van der Waals surface area contributed by atoms with Gasteiger partial charge in [0.15, 0.2) is 0 Å². The Morgan fingerprint density at radius 2 is 1.82 bits per heavy atom. The van der Waals surface area contributed by atoms with Crippen LogP contribution in [0.2, 0.25) is 0 Å². The van der Waals surface area contributed by atoms with Gasteiger partial charge in [0, 0.05) is 32.3 Å². The van der Waals surface area contributed by atoms with Crippen LogP contribution in [-0.2, 0) is 11.8 Å². The number of amides is 2. The van der Waals surface area contributed by atoms with E-state index in [-0.39, 0.29) is 24.1 Å². The van der Waals surface area contributed by atoms with Gasteiger partial charge < -0.3 is 15.0 Å². The van der Waals surface area contributed by atoms with E-state index in [9.17, 15) is 4.79 Å². The summed E-state index contributed by atoms with van der Waals surface area (Å²) in [5.74, 6) is 0.863. The maximum Gasteiger partial charge on any atom is 0.317 e. The fourth-order valence-electron chi connectivity index (χ4n) is 5.27. The SMILES string of the molecule is CC.CCNC(=O)N1CCCC(c2ccn(C)n2)C1COC1CCC(c2ccccc2)CC1. The summed E-state index contributed by atoms with van der Waals surface area (Å²) in [7, 11) is 1.95. The first kappa shape index (κ1) is 25.3. The summed E-state index contributed by atoms with van der Waals surface area (Å²) in [4.78, 5) is 14.8. The molecule has 1 aromatic heterocycles. The molecule has 1 saturated heterocycles. The van der Waals surface area contributed by atoms with Gasteiger partial charge in [-0.3, -0.25) is 4.68 Å². The molecule has 2 unspecified atom stereocenters. The molecule has 0 spiro atoms. The Hall–Kier alpha value is -2.34. The monoisotopic (exact) mass is 454 g/mol. The first-order valence-corrected chi connectivity index (χ1v) is 12.9. The number of piperidine rings is 1. The van der Waals surface area contributed by atoms with Crippen LogP contribution in [0.4, 0.5) is 4.79 Å². The molecule has 182 valence electrons. The van der Waals surface area contributed by atoms with E-state index in [0.717, 1.165) is 37.9 Å². The highest BCUT2D eigenvalue weighted by Gasteiger charge is 2.37. The highest BCUT2D eigenvalue weighted by Crippen LogP contribution is 2.36. The molecular formula is C27H42N4O2. The molecule has 1 aliphatic heterocycles. The van der Waals surface area contributed by atoms with E-state index in [1.165, 1.54) is 18.4 Å². The van der Waals surface area contributed by atoms with Crippen molar-refractivity contribution in [2.24, 2.45) is 7.05 Å². The smallest absolute Gasteiger partial charge is 0.317 e. The lowest BCUT2D eigenvalue weighted by molar-refractivity contribution is -0.0171. The average molecular weight is 455 g/mol. The van der Waals surface area contributed by atoms with Gasteiger partial charge in [0.05, 0.1) is 24.4 Å². The maximum atomic E-state index is 12.8. The molecule has 2 heterocycles. The minimum absolute atomic E-state index is 0.0181. The molecule has 1 saturated carbocycles. The molecule has 4 rings (SSSR count). The third kappa shape index (κ3) is 6.59. The summed E-state index contributed by atoms with van der Waals surface area (Å²) in [5, 5.41) is 7.66. The molecule has 2 atom stereocenters. The average Bonchev–Trinajstić information content (AvgIpc) is 3.31. The van der Waals surface area contributed by atoms with Crippen molar-refractivity contribution in [2.75, 3.05) is 19.7 Å². The number of aromatic nitrogens is 2. The number of hydrogen-bond acceptors (Lipinski definition) is 3. The number of urea groups is 1. The van der Waals surface area contributed by atoms with Crippen molar-refractivity contribution < 1.29 is 9.53 Å². The molecule has 2 amide bonds. The minimum atomic E-state index is 0.0181.